The van der Waals surface area contributed by atoms with Gasteiger partial charge in [0.25, 0.3) is 11.5 Å². The van der Waals surface area contributed by atoms with Gasteiger partial charge in [-0.15, -0.1) is 0 Å². The van der Waals surface area contributed by atoms with Crippen LogP contribution in [0.5, 0.6) is 0 Å². The second-order valence-corrected chi connectivity index (χ2v) is 5.94. The summed E-state index contributed by atoms with van der Waals surface area (Å²) < 4.78 is 1.28. The second kappa shape index (κ2) is 6.80. The van der Waals surface area contributed by atoms with E-state index in [1.54, 1.807) is 0 Å². The Balaban J connectivity index is 2.09. The van der Waals surface area contributed by atoms with Crippen LogP contribution >= 0.6 is 0 Å². The predicted molar refractivity (Wildman–Crippen MR) is 93.4 cm³/mol. The molecular weight excluding hydrogens is 322 g/mol. The molecule has 0 unspecified atom stereocenters. The highest BCUT2D eigenvalue weighted by molar-refractivity contribution is 5.96. The van der Waals surface area contributed by atoms with Crippen molar-refractivity contribution in [2.45, 2.75) is 19.4 Å². The van der Waals surface area contributed by atoms with E-state index >= 15 is 0 Å². The fourth-order valence-corrected chi connectivity index (χ4v) is 3.06. The maximum Gasteiger partial charge on any atom is 0.337 e. The summed E-state index contributed by atoms with van der Waals surface area (Å²) in [6.07, 6.45) is 3.29. The van der Waals surface area contributed by atoms with Gasteiger partial charge in [0.05, 0.1) is 12.1 Å². The van der Waals surface area contributed by atoms with Gasteiger partial charge >= 0.3 is 5.97 Å². The molecular formula is C18H19N3O4. The molecule has 2 heterocycles. The minimum atomic E-state index is -1.19. The van der Waals surface area contributed by atoms with E-state index in [0.29, 0.717) is 0 Å². The van der Waals surface area contributed by atoms with E-state index in [1.807, 2.05) is 18.2 Å². The van der Waals surface area contributed by atoms with Crippen LogP contribution in [-0.2, 0) is 13.0 Å². The van der Waals surface area contributed by atoms with Crippen LogP contribution < -0.4 is 16.2 Å². The summed E-state index contributed by atoms with van der Waals surface area (Å²) in [5, 5.41) is 15.0. The van der Waals surface area contributed by atoms with Gasteiger partial charge in [-0.3, -0.25) is 9.59 Å². The van der Waals surface area contributed by atoms with Crippen LogP contribution in [0, 0.1) is 0 Å². The summed E-state index contributed by atoms with van der Waals surface area (Å²) in [7, 11) is 1.40. The number of hydrogen-bond donors (Lipinski definition) is 3. The van der Waals surface area contributed by atoms with Crippen molar-refractivity contribution in [3.05, 3.63) is 63.1 Å². The van der Waals surface area contributed by atoms with Crippen LogP contribution in [0.25, 0.3) is 0 Å². The smallest absolute Gasteiger partial charge is 0.337 e. The lowest BCUT2D eigenvalue weighted by molar-refractivity contribution is 0.0696. The quantitative estimate of drug-likeness (QED) is 0.778. The molecule has 3 N–H and O–H groups in total. The molecule has 0 fully saturated rings. The van der Waals surface area contributed by atoms with E-state index in [4.69, 9.17) is 0 Å². The van der Waals surface area contributed by atoms with Crippen molar-refractivity contribution in [3.8, 4) is 0 Å². The number of carboxylic acids is 1. The standard InChI is InChI=1S/C18H19N3O4/c1-19-16(22)14-8-13(18(24)25)10-21(17(14)23)9-12-5-2-4-11-6-3-7-20-15(11)12/h2,4-5,8,10,20H,3,6-7,9H2,1H3,(H,19,22)(H,24,25). The maximum atomic E-state index is 12.6. The van der Waals surface area contributed by atoms with E-state index < -0.39 is 17.4 Å². The van der Waals surface area contributed by atoms with Crippen LogP contribution in [0.15, 0.2) is 35.3 Å². The van der Waals surface area contributed by atoms with Crippen molar-refractivity contribution in [2.75, 3.05) is 18.9 Å². The Labute approximate surface area is 144 Å². The molecule has 130 valence electrons. The number of carbonyl (C=O) groups excluding carboxylic acids is 1. The van der Waals surface area contributed by atoms with Gasteiger partial charge in [0.15, 0.2) is 0 Å². The minimum absolute atomic E-state index is 0.101. The van der Waals surface area contributed by atoms with Crippen molar-refractivity contribution in [1.29, 1.82) is 0 Å². The molecule has 0 saturated carbocycles. The molecule has 25 heavy (non-hydrogen) atoms. The number of hydrogen-bond acceptors (Lipinski definition) is 4. The lowest BCUT2D eigenvalue weighted by Gasteiger charge is -2.22. The van der Waals surface area contributed by atoms with Crippen LogP contribution in [0.4, 0.5) is 5.69 Å². The molecule has 0 atom stereocenters. The van der Waals surface area contributed by atoms with Gasteiger partial charge in [0.1, 0.15) is 5.56 Å². The largest absolute Gasteiger partial charge is 0.478 e. The lowest BCUT2D eigenvalue weighted by atomic mass is 9.99. The van der Waals surface area contributed by atoms with Gasteiger partial charge in [-0.05, 0) is 30.0 Å². The van der Waals surface area contributed by atoms with E-state index in [-0.39, 0.29) is 17.7 Å². The molecule has 2 aromatic rings. The predicted octanol–water partition coefficient (Wildman–Crippen LogP) is 1.31. The third kappa shape index (κ3) is 3.26. The van der Waals surface area contributed by atoms with Gasteiger partial charge in [-0.1, -0.05) is 18.2 Å². The molecule has 1 aliphatic heterocycles. The van der Waals surface area contributed by atoms with Crippen molar-refractivity contribution < 1.29 is 14.7 Å². The number of anilines is 1. The van der Waals surface area contributed by atoms with Crippen LogP contribution in [0.2, 0.25) is 0 Å². The molecule has 1 aliphatic rings. The summed E-state index contributed by atoms with van der Waals surface area (Å²) in [4.78, 5) is 35.9. The van der Waals surface area contributed by atoms with Gasteiger partial charge in [0, 0.05) is 25.5 Å². The van der Waals surface area contributed by atoms with E-state index in [0.717, 1.165) is 36.7 Å². The first kappa shape index (κ1) is 16.8. The molecule has 0 bridgehead atoms. The number of aromatic nitrogens is 1. The number of nitrogens with one attached hydrogen (secondary N) is 2. The Bertz CT molecular complexity index is 902. The first-order valence-corrected chi connectivity index (χ1v) is 8.05. The van der Waals surface area contributed by atoms with Crippen molar-refractivity contribution in [1.82, 2.24) is 9.88 Å². The second-order valence-electron chi connectivity index (χ2n) is 5.94. The number of amides is 1. The maximum absolute atomic E-state index is 12.6. The first-order valence-electron chi connectivity index (χ1n) is 8.05. The van der Waals surface area contributed by atoms with Crippen molar-refractivity contribution in [3.63, 3.8) is 0 Å². The van der Waals surface area contributed by atoms with Crippen LogP contribution in [0.1, 0.15) is 38.3 Å². The number of para-hydroxylation sites is 1. The molecule has 1 amide bonds. The molecule has 3 rings (SSSR count). The molecule has 0 saturated heterocycles. The molecule has 0 aliphatic carbocycles. The van der Waals surface area contributed by atoms with Gasteiger partial charge < -0.3 is 20.3 Å². The number of aromatic carboxylic acids is 1. The van der Waals surface area contributed by atoms with E-state index in [1.165, 1.54) is 23.4 Å². The highest BCUT2D eigenvalue weighted by Gasteiger charge is 2.18. The van der Waals surface area contributed by atoms with Crippen LogP contribution in [-0.4, -0.2) is 35.1 Å². The summed E-state index contributed by atoms with van der Waals surface area (Å²) in [6.45, 7) is 1.05. The molecule has 1 aromatic carbocycles. The number of pyridine rings is 1. The topological polar surface area (TPSA) is 100 Å². The number of rotatable bonds is 4. The van der Waals surface area contributed by atoms with Crippen LogP contribution in [0.3, 0.4) is 0 Å². The highest BCUT2D eigenvalue weighted by atomic mass is 16.4. The Morgan fingerprint density at radius 3 is 2.88 bits per heavy atom. The summed E-state index contributed by atoms with van der Waals surface area (Å²) in [6, 6.07) is 6.97. The van der Waals surface area contributed by atoms with Gasteiger partial charge in [-0.25, -0.2) is 4.79 Å². The first-order chi connectivity index (χ1) is 12.0. The highest BCUT2D eigenvalue weighted by Crippen LogP contribution is 2.26. The Kier molecular flexibility index (Phi) is 4.56. The fourth-order valence-electron chi connectivity index (χ4n) is 3.06. The monoisotopic (exact) mass is 341 g/mol. The number of aryl methyl sites for hydroxylation is 1. The molecule has 0 radical (unpaired) electrons. The van der Waals surface area contributed by atoms with Gasteiger partial charge in [0.2, 0.25) is 0 Å². The SMILES string of the molecule is CNC(=O)c1cc(C(=O)O)cn(Cc2cccc3c2NCCC3)c1=O. The lowest BCUT2D eigenvalue weighted by Crippen LogP contribution is -2.32. The number of benzene rings is 1. The van der Waals surface area contributed by atoms with Crippen molar-refractivity contribution >= 4 is 17.6 Å². The molecule has 1 aromatic heterocycles. The molecule has 7 nitrogen and oxygen atoms in total. The normalized spacial score (nSPS) is 12.8. The number of carboxylic acid groups (broad SMARTS) is 1. The average Bonchev–Trinajstić information content (AvgIpc) is 2.62. The Morgan fingerprint density at radius 2 is 2.16 bits per heavy atom. The summed E-state index contributed by atoms with van der Waals surface area (Å²) >= 11 is 0. The zero-order valence-electron chi connectivity index (χ0n) is 13.8. The zero-order chi connectivity index (χ0) is 18.0. The fraction of sp³-hybridized carbons (Fsp3) is 0.278. The molecule has 7 heteroatoms. The number of carbonyl (C=O) groups is 2. The Morgan fingerprint density at radius 1 is 1.36 bits per heavy atom. The number of nitrogens with zero attached hydrogens (tertiary/aromatic N) is 1. The number of fused-ring (bicyclic) bond motifs is 1. The zero-order valence-corrected chi connectivity index (χ0v) is 13.8. The average molecular weight is 341 g/mol. The summed E-state index contributed by atoms with van der Waals surface area (Å²) in [5.41, 5.74) is 2.26. The van der Waals surface area contributed by atoms with E-state index in [2.05, 4.69) is 10.6 Å². The Hall–Kier alpha value is -3.09. The third-order valence-electron chi connectivity index (χ3n) is 4.31. The third-order valence-corrected chi connectivity index (χ3v) is 4.31. The minimum Gasteiger partial charge on any atom is -0.478 e. The van der Waals surface area contributed by atoms with Gasteiger partial charge in [-0.2, -0.15) is 0 Å². The molecule has 0 spiro atoms. The van der Waals surface area contributed by atoms with Crippen molar-refractivity contribution in [2.24, 2.45) is 0 Å². The van der Waals surface area contributed by atoms with E-state index in [9.17, 15) is 19.5 Å². The summed E-state index contributed by atoms with van der Waals surface area (Å²) in [5.74, 6) is -1.79.